The molecule has 2 rings (SSSR count). The molecule has 1 unspecified atom stereocenters. The first-order chi connectivity index (χ1) is 11.4. The predicted molar refractivity (Wildman–Crippen MR) is 96.9 cm³/mol. The SMILES string of the molecule is CCCCN1CCCC(N(C)C(=O)CN2CCS(=O)(=O)CC2)CC1. The minimum atomic E-state index is -2.88. The first-order valence-electron chi connectivity index (χ1n) is 9.32. The lowest BCUT2D eigenvalue weighted by Gasteiger charge is -2.31. The summed E-state index contributed by atoms with van der Waals surface area (Å²) in [6, 6.07) is 0.317. The van der Waals surface area contributed by atoms with Gasteiger partial charge in [-0.15, -0.1) is 0 Å². The van der Waals surface area contributed by atoms with Crippen molar-refractivity contribution in [3.05, 3.63) is 0 Å². The number of rotatable bonds is 6. The molecule has 0 aromatic heterocycles. The molecule has 7 heteroatoms. The molecule has 2 heterocycles. The van der Waals surface area contributed by atoms with Crippen molar-refractivity contribution in [2.45, 2.75) is 45.1 Å². The molecular formula is C17H33N3O3S. The highest BCUT2D eigenvalue weighted by atomic mass is 32.2. The summed E-state index contributed by atoms with van der Waals surface area (Å²) in [6.45, 7) is 6.92. The van der Waals surface area contributed by atoms with Crippen molar-refractivity contribution in [1.29, 1.82) is 0 Å². The summed E-state index contributed by atoms with van der Waals surface area (Å²) in [5, 5.41) is 0. The Morgan fingerprint density at radius 1 is 1.08 bits per heavy atom. The molecule has 0 aromatic carbocycles. The van der Waals surface area contributed by atoms with Gasteiger partial charge < -0.3 is 9.80 Å². The van der Waals surface area contributed by atoms with Crippen molar-refractivity contribution in [1.82, 2.24) is 14.7 Å². The van der Waals surface area contributed by atoms with Crippen LogP contribution in [0.1, 0.15) is 39.0 Å². The van der Waals surface area contributed by atoms with E-state index in [1.807, 2.05) is 16.8 Å². The van der Waals surface area contributed by atoms with Gasteiger partial charge in [0, 0.05) is 32.7 Å². The van der Waals surface area contributed by atoms with Crippen LogP contribution in [0.25, 0.3) is 0 Å². The molecule has 24 heavy (non-hydrogen) atoms. The molecule has 6 nitrogen and oxygen atoms in total. The van der Waals surface area contributed by atoms with Crippen LogP contribution in [0.2, 0.25) is 0 Å². The Labute approximate surface area is 147 Å². The average molecular weight is 360 g/mol. The highest BCUT2D eigenvalue weighted by molar-refractivity contribution is 7.91. The van der Waals surface area contributed by atoms with Crippen LogP contribution in [0.3, 0.4) is 0 Å². The van der Waals surface area contributed by atoms with Crippen molar-refractivity contribution in [2.75, 3.05) is 57.8 Å². The molecular weight excluding hydrogens is 326 g/mol. The topological polar surface area (TPSA) is 60.9 Å². The second-order valence-corrected chi connectivity index (χ2v) is 9.52. The van der Waals surface area contributed by atoms with Crippen LogP contribution in [-0.4, -0.2) is 92.9 Å². The van der Waals surface area contributed by atoms with Gasteiger partial charge in [-0.05, 0) is 38.8 Å². The zero-order valence-electron chi connectivity index (χ0n) is 15.2. The first kappa shape index (κ1) is 19.7. The number of carbonyl (C=O) groups is 1. The van der Waals surface area contributed by atoms with Gasteiger partial charge >= 0.3 is 0 Å². The molecule has 2 aliphatic heterocycles. The summed E-state index contributed by atoms with van der Waals surface area (Å²) in [6.07, 6.45) is 5.73. The quantitative estimate of drug-likeness (QED) is 0.703. The van der Waals surface area contributed by atoms with Gasteiger partial charge in [0.15, 0.2) is 9.84 Å². The number of likely N-dealkylation sites (N-methyl/N-ethyl adjacent to an activating group) is 1. The minimum Gasteiger partial charge on any atom is -0.342 e. The molecule has 0 radical (unpaired) electrons. The molecule has 2 saturated heterocycles. The number of hydrogen-bond donors (Lipinski definition) is 0. The van der Waals surface area contributed by atoms with Crippen LogP contribution in [0, 0.1) is 0 Å². The van der Waals surface area contributed by atoms with E-state index in [-0.39, 0.29) is 17.4 Å². The Hall–Kier alpha value is -0.660. The molecule has 140 valence electrons. The third-order valence-electron chi connectivity index (χ3n) is 5.36. The van der Waals surface area contributed by atoms with E-state index in [1.54, 1.807) is 0 Å². The molecule has 0 bridgehead atoms. The van der Waals surface area contributed by atoms with Gasteiger partial charge in [0.1, 0.15) is 0 Å². The number of sulfone groups is 1. The van der Waals surface area contributed by atoms with E-state index in [2.05, 4.69) is 11.8 Å². The third-order valence-corrected chi connectivity index (χ3v) is 6.96. The third kappa shape index (κ3) is 6.01. The second kappa shape index (κ2) is 9.15. The van der Waals surface area contributed by atoms with E-state index in [1.165, 1.54) is 19.4 Å². The van der Waals surface area contributed by atoms with Gasteiger partial charge in [0.25, 0.3) is 0 Å². The molecule has 1 atom stereocenters. The smallest absolute Gasteiger partial charge is 0.236 e. The maximum Gasteiger partial charge on any atom is 0.236 e. The molecule has 0 saturated carbocycles. The monoisotopic (exact) mass is 359 g/mol. The lowest BCUT2D eigenvalue weighted by Crippen LogP contribution is -2.48. The fourth-order valence-corrected chi connectivity index (χ4v) is 4.82. The summed E-state index contributed by atoms with van der Waals surface area (Å²) >= 11 is 0. The van der Waals surface area contributed by atoms with Gasteiger partial charge in [0.05, 0.1) is 18.1 Å². The van der Waals surface area contributed by atoms with Gasteiger partial charge in [-0.2, -0.15) is 0 Å². The number of unbranched alkanes of at least 4 members (excludes halogenated alkanes) is 1. The van der Waals surface area contributed by atoms with E-state index in [4.69, 9.17) is 0 Å². The van der Waals surface area contributed by atoms with Crippen LogP contribution < -0.4 is 0 Å². The normalized spacial score (nSPS) is 26.0. The second-order valence-electron chi connectivity index (χ2n) is 7.21. The Bertz CT molecular complexity index is 495. The maximum absolute atomic E-state index is 12.6. The van der Waals surface area contributed by atoms with E-state index >= 15 is 0 Å². The maximum atomic E-state index is 12.6. The fourth-order valence-electron chi connectivity index (χ4n) is 3.55. The van der Waals surface area contributed by atoms with Crippen LogP contribution in [0.15, 0.2) is 0 Å². The molecule has 2 aliphatic rings. The number of carbonyl (C=O) groups excluding carboxylic acids is 1. The lowest BCUT2D eigenvalue weighted by molar-refractivity contribution is -0.133. The van der Waals surface area contributed by atoms with Crippen LogP contribution in [-0.2, 0) is 14.6 Å². The summed E-state index contributed by atoms with van der Waals surface area (Å²) in [5.41, 5.74) is 0. The summed E-state index contributed by atoms with van der Waals surface area (Å²) in [5.74, 6) is 0.487. The van der Waals surface area contributed by atoms with Crippen molar-refractivity contribution < 1.29 is 13.2 Å². The highest BCUT2D eigenvalue weighted by Gasteiger charge is 2.27. The molecule has 0 aliphatic carbocycles. The number of hydrogen-bond acceptors (Lipinski definition) is 5. The first-order valence-corrected chi connectivity index (χ1v) is 11.1. The molecule has 0 spiro atoms. The lowest BCUT2D eigenvalue weighted by atomic mass is 10.1. The fraction of sp³-hybridized carbons (Fsp3) is 0.941. The van der Waals surface area contributed by atoms with E-state index in [0.29, 0.717) is 25.7 Å². The minimum absolute atomic E-state index is 0.126. The predicted octanol–water partition coefficient (Wildman–Crippen LogP) is 0.830. The largest absolute Gasteiger partial charge is 0.342 e. The standard InChI is InChI=1S/C17H33N3O3S/c1-3-4-8-19-9-5-6-16(7-10-19)18(2)17(21)15-20-11-13-24(22,23)14-12-20/h16H,3-15H2,1-2H3. The Morgan fingerprint density at radius 3 is 2.46 bits per heavy atom. The molecule has 2 fully saturated rings. The van der Waals surface area contributed by atoms with Gasteiger partial charge in [-0.3, -0.25) is 9.69 Å². The van der Waals surface area contributed by atoms with Gasteiger partial charge in [-0.25, -0.2) is 8.42 Å². The van der Waals surface area contributed by atoms with Crippen molar-refractivity contribution in [3.8, 4) is 0 Å². The van der Waals surface area contributed by atoms with E-state index in [9.17, 15) is 13.2 Å². The van der Waals surface area contributed by atoms with Crippen molar-refractivity contribution in [3.63, 3.8) is 0 Å². The Kier molecular flexibility index (Phi) is 7.50. The van der Waals surface area contributed by atoms with Crippen molar-refractivity contribution >= 4 is 15.7 Å². The van der Waals surface area contributed by atoms with Crippen LogP contribution in [0.5, 0.6) is 0 Å². The van der Waals surface area contributed by atoms with Crippen LogP contribution >= 0.6 is 0 Å². The van der Waals surface area contributed by atoms with Crippen LogP contribution in [0.4, 0.5) is 0 Å². The highest BCUT2D eigenvalue weighted by Crippen LogP contribution is 2.17. The summed E-state index contributed by atoms with van der Waals surface area (Å²) in [7, 11) is -0.971. The van der Waals surface area contributed by atoms with Crippen molar-refractivity contribution in [2.24, 2.45) is 0 Å². The summed E-state index contributed by atoms with van der Waals surface area (Å²) < 4.78 is 23.0. The zero-order valence-corrected chi connectivity index (χ0v) is 16.1. The zero-order chi connectivity index (χ0) is 17.6. The number of amides is 1. The Balaban J connectivity index is 1.78. The number of likely N-dealkylation sites (tertiary alicyclic amines) is 1. The van der Waals surface area contributed by atoms with E-state index in [0.717, 1.165) is 32.4 Å². The van der Waals surface area contributed by atoms with Gasteiger partial charge in [-0.1, -0.05) is 13.3 Å². The summed E-state index contributed by atoms with van der Waals surface area (Å²) in [4.78, 5) is 19.0. The molecule has 1 amide bonds. The molecule has 0 aromatic rings. The number of nitrogens with zero attached hydrogens (tertiary/aromatic N) is 3. The molecule has 0 N–H and O–H groups in total. The van der Waals surface area contributed by atoms with E-state index < -0.39 is 9.84 Å². The van der Waals surface area contributed by atoms with Gasteiger partial charge in [0.2, 0.25) is 5.91 Å². The Morgan fingerprint density at radius 2 is 1.79 bits per heavy atom. The average Bonchev–Trinajstić information content (AvgIpc) is 2.79.